The molecule has 0 aliphatic rings. The molecule has 0 fully saturated rings. The molecule has 0 aromatic rings. The number of hydrogen-bond acceptors (Lipinski definition) is 4. The summed E-state index contributed by atoms with van der Waals surface area (Å²) in [6, 6.07) is -1.29. The third-order valence-corrected chi connectivity index (χ3v) is 2.47. The molecule has 0 aliphatic carbocycles. The van der Waals surface area contributed by atoms with E-state index in [1.165, 1.54) is 0 Å². The monoisotopic (exact) mass is 261 g/mol. The summed E-state index contributed by atoms with van der Waals surface area (Å²) in [7, 11) is 3.56. The molecule has 0 heterocycles. The Morgan fingerprint density at radius 1 is 1.39 bits per heavy atom. The predicted octanol–water partition coefficient (Wildman–Crippen LogP) is -0.273. The van der Waals surface area contributed by atoms with Crippen LogP contribution >= 0.6 is 0 Å². The first-order valence-electron chi connectivity index (χ1n) is 5.95. The lowest BCUT2D eigenvalue weighted by atomic mass is 10.2. The van der Waals surface area contributed by atoms with Gasteiger partial charge < -0.3 is 25.4 Å². The highest BCUT2D eigenvalue weighted by atomic mass is 16.5. The fraction of sp³-hybridized carbons (Fsp3) is 0.818. The fourth-order valence-electron chi connectivity index (χ4n) is 1.27. The molecule has 0 aromatic heterocycles. The number of urea groups is 1. The van der Waals surface area contributed by atoms with Crippen LogP contribution in [0.2, 0.25) is 0 Å². The van der Waals surface area contributed by atoms with E-state index in [-0.39, 0.29) is 0 Å². The van der Waals surface area contributed by atoms with E-state index in [0.717, 1.165) is 6.54 Å². The highest BCUT2D eigenvalue weighted by molar-refractivity contribution is 5.82. The number of hydrogen-bond donors (Lipinski definition) is 3. The van der Waals surface area contributed by atoms with Crippen LogP contribution in [0.25, 0.3) is 0 Å². The lowest BCUT2D eigenvalue weighted by molar-refractivity contribution is -0.139. The number of carbonyl (C=O) groups is 2. The molecule has 7 nitrogen and oxygen atoms in total. The highest BCUT2D eigenvalue weighted by Crippen LogP contribution is 1.90. The Morgan fingerprint density at radius 3 is 2.56 bits per heavy atom. The van der Waals surface area contributed by atoms with Crippen LogP contribution in [-0.4, -0.2) is 68.4 Å². The number of nitrogens with zero attached hydrogens (tertiary/aromatic N) is 1. The van der Waals surface area contributed by atoms with Gasteiger partial charge >= 0.3 is 12.0 Å². The molecular formula is C11H23N3O4. The van der Waals surface area contributed by atoms with Crippen molar-refractivity contribution in [2.24, 2.45) is 0 Å². The van der Waals surface area contributed by atoms with Gasteiger partial charge in [-0.15, -0.1) is 0 Å². The van der Waals surface area contributed by atoms with Crippen LogP contribution in [0.15, 0.2) is 0 Å². The van der Waals surface area contributed by atoms with Gasteiger partial charge in [0.2, 0.25) is 0 Å². The number of amides is 2. The van der Waals surface area contributed by atoms with Gasteiger partial charge in [-0.3, -0.25) is 0 Å². The van der Waals surface area contributed by atoms with Crippen LogP contribution in [0, 0.1) is 0 Å². The third-order valence-electron chi connectivity index (χ3n) is 2.47. The summed E-state index contributed by atoms with van der Waals surface area (Å²) in [5, 5.41) is 13.8. The maximum atomic E-state index is 11.4. The van der Waals surface area contributed by atoms with Gasteiger partial charge in [-0.05, 0) is 13.5 Å². The molecule has 0 radical (unpaired) electrons. The van der Waals surface area contributed by atoms with Gasteiger partial charge in [0, 0.05) is 26.7 Å². The molecule has 7 heteroatoms. The number of ether oxygens (including phenoxy) is 1. The number of likely N-dealkylation sites (N-methyl/N-ethyl adjacent to an activating group) is 1. The summed E-state index contributed by atoms with van der Waals surface area (Å²) < 4.78 is 4.93. The molecule has 1 atom stereocenters. The van der Waals surface area contributed by atoms with E-state index >= 15 is 0 Å². The van der Waals surface area contributed by atoms with Crippen molar-refractivity contribution >= 4 is 12.0 Å². The summed E-state index contributed by atoms with van der Waals surface area (Å²) in [6.07, 6.45) is 0.358. The van der Waals surface area contributed by atoms with Crippen molar-refractivity contribution in [3.63, 3.8) is 0 Å². The van der Waals surface area contributed by atoms with Crippen molar-refractivity contribution in [2.75, 3.05) is 40.4 Å². The quantitative estimate of drug-likeness (QED) is 0.531. The average molecular weight is 261 g/mol. The Hall–Kier alpha value is -1.34. The van der Waals surface area contributed by atoms with Crippen LogP contribution in [0.3, 0.4) is 0 Å². The Bertz CT molecular complexity index is 261. The average Bonchev–Trinajstić information content (AvgIpc) is 2.33. The maximum absolute atomic E-state index is 11.4. The lowest BCUT2D eigenvalue weighted by Crippen LogP contribution is -2.47. The van der Waals surface area contributed by atoms with Gasteiger partial charge in [-0.25, -0.2) is 9.59 Å². The Kier molecular flexibility index (Phi) is 8.95. The van der Waals surface area contributed by atoms with Crippen molar-refractivity contribution in [3.05, 3.63) is 0 Å². The van der Waals surface area contributed by atoms with Crippen LogP contribution < -0.4 is 10.6 Å². The van der Waals surface area contributed by atoms with E-state index in [1.807, 2.05) is 11.9 Å². The third kappa shape index (κ3) is 7.86. The number of rotatable bonds is 9. The first kappa shape index (κ1) is 16.7. The molecule has 0 saturated carbocycles. The highest BCUT2D eigenvalue weighted by Gasteiger charge is 2.16. The second-order valence-electron chi connectivity index (χ2n) is 4.00. The zero-order valence-electron chi connectivity index (χ0n) is 11.2. The van der Waals surface area contributed by atoms with Crippen LogP contribution in [0.4, 0.5) is 4.79 Å². The maximum Gasteiger partial charge on any atom is 0.326 e. The summed E-state index contributed by atoms with van der Waals surface area (Å²) in [5.74, 6) is -1.02. The van der Waals surface area contributed by atoms with E-state index in [1.54, 1.807) is 14.0 Å². The predicted molar refractivity (Wildman–Crippen MR) is 67.6 cm³/mol. The second kappa shape index (κ2) is 9.67. The van der Waals surface area contributed by atoms with Gasteiger partial charge in [-0.2, -0.15) is 0 Å². The van der Waals surface area contributed by atoms with Crippen molar-refractivity contribution in [3.8, 4) is 0 Å². The van der Waals surface area contributed by atoms with E-state index in [0.29, 0.717) is 26.1 Å². The number of nitrogens with one attached hydrogen (secondary N) is 2. The minimum Gasteiger partial charge on any atom is -0.480 e. The van der Waals surface area contributed by atoms with E-state index in [9.17, 15) is 9.59 Å². The molecule has 18 heavy (non-hydrogen) atoms. The van der Waals surface area contributed by atoms with Crippen molar-refractivity contribution in [1.82, 2.24) is 15.5 Å². The molecule has 0 aliphatic heterocycles. The molecule has 106 valence electrons. The van der Waals surface area contributed by atoms with Gasteiger partial charge in [0.25, 0.3) is 0 Å². The van der Waals surface area contributed by atoms with Crippen LogP contribution in [0.1, 0.15) is 13.3 Å². The number of carboxylic acids is 1. The molecule has 0 spiro atoms. The molecule has 0 bridgehead atoms. The van der Waals surface area contributed by atoms with Crippen molar-refractivity contribution < 1.29 is 19.4 Å². The normalized spacial score (nSPS) is 12.2. The first-order valence-corrected chi connectivity index (χ1v) is 5.95. The van der Waals surface area contributed by atoms with E-state index < -0.39 is 18.0 Å². The SMILES string of the molecule is CCC(NC(=O)NCCN(C)CCOC)C(=O)O. The molecule has 0 rings (SSSR count). The Balaban J connectivity index is 3.73. The van der Waals surface area contributed by atoms with E-state index in [2.05, 4.69) is 10.6 Å². The molecule has 0 aromatic carbocycles. The largest absolute Gasteiger partial charge is 0.480 e. The zero-order chi connectivity index (χ0) is 14.0. The molecule has 1 unspecified atom stereocenters. The van der Waals surface area contributed by atoms with Crippen molar-refractivity contribution in [1.29, 1.82) is 0 Å². The first-order chi connectivity index (χ1) is 8.51. The molecule has 2 amide bonds. The fourth-order valence-corrected chi connectivity index (χ4v) is 1.27. The van der Waals surface area contributed by atoms with Gasteiger partial charge in [0.1, 0.15) is 6.04 Å². The minimum absolute atomic E-state index is 0.358. The molecular weight excluding hydrogens is 238 g/mol. The summed E-state index contributed by atoms with van der Waals surface area (Å²) in [4.78, 5) is 24.1. The van der Waals surface area contributed by atoms with Gasteiger partial charge in [-0.1, -0.05) is 6.92 Å². The second-order valence-corrected chi connectivity index (χ2v) is 4.00. The van der Waals surface area contributed by atoms with Gasteiger partial charge in [0.15, 0.2) is 0 Å². The van der Waals surface area contributed by atoms with Gasteiger partial charge in [0.05, 0.1) is 6.61 Å². The minimum atomic E-state index is -1.02. The number of methoxy groups -OCH3 is 1. The standard InChI is InChI=1S/C11H23N3O4/c1-4-9(10(15)16)13-11(17)12-5-6-14(2)7-8-18-3/h9H,4-8H2,1-3H3,(H,15,16)(H2,12,13,17). The summed E-state index contributed by atoms with van der Waals surface area (Å²) >= 11 is 0. The van der Waals surface area contributed by atoms with E-state index in [4.69, 9.17) is 9.84 Å². The smallest absolute Gasteiger partial charge is 0.326 e. The lowest BCUT2D eigenvalue weighted by Gasteiger charge is -2.17. The number of carboxylic acid groups (broad SMARTS) is 1. The zero-order valence-corrected chi connectivity index (χ0v) is 11.2. The van der Waals surface area contributed by atoms with Crippen molar-refractivity contribution in [2.45, 2.75) is 19.4 Å². The Morgan fingerprint density at radius 2 is 2.06 bits per heavy atom. The summed E-state index contributed by atoms with van der Waals surface area (Å²) in [6.45, 7) is 4.27. The van der Waals surface area contributed by atoms with Crippen LogP contribution in [0.5, 0.6) is 0 Å². The summed E-state index contributed by atoms with van der Waals surface area (Å²) in [5.41, 5.74) is 0. The topological polar surface area (TPSA) is 90.9 Å². The molecule has 0 saturated heterocycles. The molecule has 3 N–H and O–H groups in total. The number of carbonyl (C=O) groups excluding carboxylic acids is 1. The Labute approximate surface area is 107 Å². The number of aliphatic carboxylic acids is 1. The van der Waals surface area contributed by atoms with Crippen LogP contribution in [-0.2, 0) is 9.53 Å².